The SMILES string of the molecule is ON1CC=CC=C1C=NCCNCCNCCN=CC1CCCCN1O. The maximum atomic E-state index is 9.70. The van der Waals surface area contributed by atoms with E-state index in [1.807, 2.05) is 24.4 Å². The van der Waals surface area contributed by atoms with Crippen LogP contribution < -0.4 is 10.6 Å². The first-order chi connectivity index (χ1) is 12.8. The van der Waals surface area contributed by atoms with Crippen LogP contribution in [-0.4, -0.2) is 91.4 Å². The molecule has 2 aliphatic rings. The Hall–Kier alpha value is -1.58. The minimum Gasteiger partial charge on any atom is -0.314 e. The van der Waals surface area contributed by atoms with E-state index in [4.69, 9.17) is 0 Å². The Kier molecular flexibility index (Phi) is 10.1. The van der Waals surface area contributed by atoms with Crippen molar-refractivity contribution in [1.82, 2.24) is 20.8 Å². The van der Waals surface area contributed by atoms with Crippen molar-refractivity contribution in [2.45, 2.75) is 25.3 Å². The van der Waals surface area contributed by atoms with Gasteiger partial charge in [-0.2, -0.15) is 5.06 Å². The molecule has 0 saturated carbocycles. The predicted molar refractivity (Wildman–Crippen MR) is 104 cm³/mol. The van der Waals surface area contributed by atoms with Crippen molar-refractivity contribution in [3.63, 3.8) is 0 Å². The molecule has 146 valence electrons. The van der Waals surface area contributed by atoms with E-state index in [-0.39, 0.29) is 6.04 Å². The van der Waals surface area contributed by atoms with Gasteiger partial charge in [-0.1, -0.05) is 18.6 Å². The van der Waals surface area contributed by atoms with Gasteiger partial charge in [-0.05, 0) is 18.9 Å². The summed E-state index contributed by atoms with van der Waals surface area (Å²) in [5.74, 6) is 0. The van der Waals surface area contributed by atoms with Crippen molar-refractivity contribution >= 4 is 12.4 Å². The second kappa shape index (κ2) is 12.7. The molecule has 4 N–H and O–H groups in total. The van der Waals surface area contributed by atoms with Crippen molar-refractivity contribution in [3.8, 4) is 0 Å². The minimum absolute atomic E-state index is 0.0873. The first kappa shape index (κ1) is 20.7. The smallest absolute Gasteiger partial charge is 0.0815 e. The second-order valence-corrected chi connectivity index (χ2v) is 6.42. The molecule has 2 heterocycles. The molecule has 0 radical (unpaired) electrons. The summed E-state index contributed by atoms with van der Waals surface area (Å²) in [6.45, 7) is 6.07. The molecule has 0 spiro atoms. The highest BCUT2D eigenvalue weighted by Gasteiger charge is 2.18. The normalized spacial score (nSPS) is 21.8. The zero-order valence-electron chi connectivity index (χ0n) is 15.4. The van der Waals surface area contributed by atoms with Gasteiger partial charge in [0.1, 0.15) is 0 Å². The monoisotopic (exact) mass is 364 g/mol. The lowest BCUT2D eigenvalue weighted by molar-refractivity contribution is -0.120. The van der Waals surface area contributed by atoms with Crippen molar-refractivity contribution in [2.75, 3.05) is 52.4 Å². The van der Waals surface area contributed by atoms with E-state index in [2.05, 4.69) is 20.6 Å². The maximum Gasteiger partial charge on any atom is 0.0815 e. The molecule has 1 saturated heterocycles. The Morgan fingerprint density at radius 2 is 1.85 bits per heavy atom. The van der Waals surface area contributed by atoms with Crippen LogP contribution in [0.1, 0.15) is 19.3 Å². The van der Waals surface area contributed by atoms with E-state index in [0.29, 0.717) is 18.8 Å². The third-order valence-corrected chi connectivity index (χ3v) is 4.31. The largest absolute Gasteiger partial charge is 0.314 e. The zero-order chi connectivity index (χ0) is 18.5. The van der Waals surface area contributed by atoms with Gasteiger partial charge >= 0.3 is 0 Å². The molecule has 8 nitrogen and oxygen atoms in total. The van der Waals surface area contributed by atoms with Crippen LogP contribution in [0.2, 0.25) is 0 Å². The van der Waals surface area contributed by atoms with Crippen LogP contribution >= 0.6 is 0 Å². The molecule has 0 aromatic heterocycles. The number of piperidine rings is 1. The van der Waals surface area contributed by atoms with E-state index in [1.54, 1.807) is 6.21 Å². The summed E-state index contributed by atoms with van der Waals surface area (Å²) < 4.78 is 0. The molecule has 0 amide bonds. The van der Waals surface area contributed by atoms with Gasteiger partial charge in [0, 0.05) is 45.2 Å². The number of allylic oxidation sites excluding steroid dienone is 3. The van der Waals surface area contributed by atoms with Gasteiger partial charge in [-0.15, -0.1) is 0 Å². The van der Waals surface area contributed by atoms with Gasteiger partial charge < -0.3 is 15.8 Å². The summed E-state index contributed by atoms with van der Waals surface area (Å²) in [6.07, 6.45) is 12.4. The first-order valence-corrected chi connectivity index (χ1v) is 9.47. The number of hydrogen-bond acceptors (Lipinski definition) is 8. The molecule has 8 heteroatoms. The van der Waals surface area contributed by atoms with Crippen molar-refractivity contribution in [3.05, 3.63) is 23.9 Å². The van der Waals surface area contributed by atoms with Crippen molar-refractivity contribution in [1.29, 1.82) is 0 Å². The molecule has 1 unspecified atom stereocenters. The molecular formula is C18H32N6O2. The molecule has 0 bridgehead atoms. The topological polar surface area (TPSA) is 95.7 Å². The van der Waals surface area contributed by atoms with Crippen LogP contribution in [0, 0.1) is 0 Å². The number of nitrogens with one attached hydrogen (secondary N) is 2. The van der Waals surface area contributed by atoms with E-state index < -0.39 is 0 Å². The third kappa shape index (κ3) is 8.20. The number of rotatable bonds is 11. The summed E-state index contributed by atoms with van der Waals surface area (Å²) in [5.41, 5.74) is 0.715. The van der Waals surface area contributed by atoms with Crippen LogP contribution in [-0.2, 0) is 0 Å². The predicted octanol–water partition coefficient (Wildman–Crippen LogP) is 0.696. The quantitative estimate of drug-likeness (QED) is 0.318. The molecular weight excluding hydrogens is 332 g/mol. The summed E-state index contributed by atoms with van der Waals surface area (Å²) in [6, 6.07) is 0.0873. The van der Waals surface area contributed by atoms with E-state index >= 15 is 0 Å². The Morgan fingerprint density at radius 3 is 2.58 bits per heavy atom. The fraction of sp³-hybridized carbons (Fsp3) is 0.667. The van der Waals surface area contributed by atoms with Gasteiger partial charge in [-0.3, -0.25) is 20.3 Å². The standard InChI is InChI=1S/C18H32N6O2/c25-23-13-3-1-5-17(23)15-21-11-9-19-7-8-20-10-12-22-16-18-6-2-4-14-24(18)26/h1,3,5,15-16,18-20,25-26H,2,4,6-14H2. The molecule has 0 aromatic carbocycles. The van der Waals surface area contributed by atoms with Crippen LogP contribution in [0.4, 0.5) is 0 Å². The third-order valence-electron chi connectivity index (χ3n) is 4.31. The van der Waals surface area contributed by atoms with Crippen LogP contribution in [0.3, 0.4) is 0 Å². The molecule has 0 aromatic rings. The molecule has 2 aliphatic heterocycles. The summed E-state index contributed by atoms with van der Waals surface area (Å²) in [4.78, 5) is 8.69. The highest BCUT2D eigenvalue weighted by Crippen LogP contribution is 2.12. The van der Waals surface area contributed by atoms with Gasteiger partial charge in [0.15, 0.2) is 0 Å². The first-order valence-electron chi connectivity index (χ1n) is 9.47. The Bertz CT molecular complexity index is 506. The molecule has 1 fully saturated rings. The van der Waals surface area contributed by atoms with Gasteiger partial charge in [0.2, 0.25) is 0 Å². The Labute approximate surface area is 155 Å². The maximum absolute atomic E-state index is 9.70. The molecule has 26 heavy (non-hydrogen) atoms. The number of aliphatic imine (C=N–C) groups is 2. The molecule has 1 atom stereocenters. The van der Waals surface area contributed by atoms with Crippen LogP contribution in [0.5, 0.6) is 0 Å². The Balaban J connectivity index is 1.40. The summed E-state index contributed by atoms with van der Waals surface area (Å²) in [7, 11) is 0. The summed E-state index contributed by atoms with van der Waals surface area (Å²) in [5, 5.41) is 28.5. The van der Waals surface area contributed by atoms with Gasteiger partial charge in [-0.25, -0.2) is 0 Å². The van der Waals surface area contributed by atoms with E-state index in [0.717, 1.165) is 58.5 Å². The lowest BCUT2D eigenvalue weighted by Gasteiger charge is -2.27. The second-order valence-electron chi connectivity index (χ2n) is 6.42. The van der Waals surface area contributed by atoms with Crippen LogP contribution in [0.15, 0.2) is 33.9 Å². The molecule has 0 aliphatic carbocycles. The van der Waals surface area contributed by atoms with E-state index in [1.165, 1.54) is 10.1 Å². The van der Waals surface area contributed by atoms with Gasteiger partial charge in [0.25, 0.3) is 0 Å². The van der Waals surface area contributed by atoms with Gasteiger partial charge in [0.05, 0.1) is 31.4 Å². The fourth-order valence-corrected chi connectivity index (χ4v) is 2.79. The fourth-order valence-electron chi connectivity index (χ4n) is 2.79. The highest BCUT2D eigenvalue weighted by molar-refractivity contribution is 5.78. The average Bonchev–Trinajstić information content (AvgIpc) is 2.65. The summed E-state index contributed by atoms with van der Waals surface area (Å²) >= 11 is 0. The number of hydrogen-bond donors (Lipinski definition) is 4. The van der Waals surface area contributed by atoms with Crippen LogP contribution in [0.25, 0.3) is 0 Å². The lowest BCUT2D eigenvalue weighted by Crippen LogP contribution is -2.38. The number of hydroxylamine groups is 4. The van der Waals surface area contributed by atoms with E-state index in [9.17, 15) is 10.4 Å². The van der Waals surface area contributed by atoms with Crippen molar-refractivity contribution < 1.29 is 10.4 Å². The Morgan fingerprint density at radius 1 is 1.08 bits per heavy atom. The number of nitrogens with zero attached hydrogens (tertiary/aromatic N) is 4. The zero-order valence-corrected chi connectivity index (χ0v) is 15.4. The van der Waals surface area contributed by atoms with Crippen molar-refractivity contribution in [2.24, 2.45) is 9.98 Å². The minimum atomic E-state index is 0.0873. The lowest BCUT2D eigenvalue weighted by atomic mass is 10.1. The highest BCUT2D eigenvalue weighted by atomic mass is 16.5. The average molecular weight is 364 g/mol. The molecule has 2 rings (SSSR count).